The third-order valence-corrected chi connectivity index (χ3v) is 7.75. The number of benzene rings is 3. The van der Waals surface area contributed by atoms with Gasteiger partial charge in [0, 0.05) is 25.6 Å². The molecule has 1 atom stereocenters. The van der Waals surface area contributed by atoms with Crippen molar-refractivity contribution in [3.05, 3.63) is 90.0 Å². The Morgan fingerprint density at radius 1 is 0.878 bits per heavy atom. The molecule has 10 heteroatoms. The standard InChI is InChI=1S/C31H39N3O6S/c1-5-6-18-32-31(36)29(20-24-12-8-7-9-13-24)33(22-25-14-10-16-27(19-25)39-2)30(35)23-34(41(4,37)38)26-15-11-17-28(21-26)40-3/h7-17,19,21,29H,5-6,18,20,22-23H2,1-4H3,(H,32,36). The van der Waals surface area contributed by atoms with Gasteiger partial charge in [0.2, 0.25) is 21.8 Å². The number of methoxy groups -OCH3 is 2. The number of hydrogen-bond acceptors (Lipinski definition) is 6. The molecule has 0 aliphatic heterocycles. The lowest BCUT2D eigenvalue weighted by Gasteiger charge is -2.33. The molecule has 3 aromatic carbocycles. The monoisotopic (exact) mass is 581 g/mol. The van der Waals surface area contributed by atoms with E-state index in [1.54, 1.807) is 43.5 Å². The lowest BCUT2D eigenvalue weighted by atomic mass is 10.0. The molecule has 1 unspecified atom stereocenters. The number of carbonyl (C=O) groups excluding carboxylic acids is 2. The minimum Gasteiger partial charge on any atom is -0.497 e. The first-order valence-corrected chi connectivity index (χ1v) is 15.4. The fraction of sp³-hybridized carbons (Fsp3) is 0.355. The van der Waals surface area contributed by atoms with Crippen LogP contribution in [0.1, 0.15) is 30.9 Å². The van der Waals surface area contributed by atoms with Crippen molar-refractivity contribution in [1.29, 1.82) is 0 Å². The number of amides is 2. The molecule has 0 aliphatic rings. The molecule has 0 saturated carbocycles. The van der Waals surface area contributed by atoms with Gasteiger partial charge < -0.3 is 19.7 Å². The smallest absolute Gasteiger partial charge is 0.244 e. The maximum Gasteiger partial charge on any atom is 0.244 e. The Morgan fingerprint density at radius 3 is 2.15 bits per heavy atom. The molecule has 9 nitrogen and oxygen atoms in total. The van der Waals surface area contributed by atoms with E-state index in [-0.39, 0.29) is 24.6 Å². The molecule has 0 aliphatic carbocycles. The van der Waals surface area contributed by atoms with Crippen LogP contribution in [0.2, 0.25) is 0 Å². The van der Waals surface area contributed by atoms with E-state index in [4.69, 9.17) is 9.47 Å². The number of unbranched alkanes of at least 4 members (excludes halogenated alkanes) is 1. The molecular formula is C31H39N3O6S. The van der Waals surface area contributed by atoms with Crippen molar-refractivity contribution in [3.63, 3.8) is 0 Å². The van der Waals surface area contributed by atoms with Gasteiger partial charge >= 0.3 is 0 Å². The van der Waals surface area contributed by atoms with Crippen LogP contribution in [-0.4, -0.2) is 64.7 Å². The molecule has 0 aromatic heterocycles. The second-order valence-electron chi connectivity index (χ2n) is 9.69. The molecule has 0 heterocycles. The largest absolute Gasteiger partial charge is 0.497 e. The van der Waals surface area contributed by atoms with Gasteiger partial charge in [-0.05, 0) is 41.8 Å². The van der Waals surface area contributed by atoms with E-state index in [1.807, 2.05) is 49.4 Å². The van der Waals surface area contributed by atoms with Crippen LogP contribution in [0.5, 0.6) is 11.5 Å². The molecule has 0 fully saturated rings. The van der Waals surface area contributed by atoms with Gasteiger partial charge in [-0.15, -0.1) is 0 Å². The molecule has 41 heavy (non-hydrogen) atoms. The average Bonchev–Trinajstić information content (AvgIpc) is 2.97. The number of nitrogens with zero attached hydrogens (tertiary/aromatic N) is 2. The van der Waals surface area contributed by atoms with Crippen LogP contribution >= 0.6 is 0 Å². The lowest BCUT2D eigenvalue weighted by Crippen LogP contribution is -2.53. The van der Waals surface area contributed by atoms with Gasteiger partial charge in [-0.1, -0.05) is 61.9 Å². The third-order valence-electron chi connectivity index (χ3n) is 6.61. The Labute approximate surface area is 243 Å². The quantitative estimate of drug-likeness (QED) is 0.272. The highest BCUT2D eigenvalue weighted by molar-refractivity contribution is 7.92. The predicted molar refractivity (Wildman–Crippen MR) is 161 cm³/mol. The highest BCUT2D eigenvalue weighted by atomic mass is 32.2. The molecule has 0 radical (unpaired) electrons. The molecule has 3 rings (SSSR count). The van der Waals surface area contributed by atoms with Crippen molar-refractivity contribution >= 4 is 27.5 Å². The van der Waals surface area contributed by atoms with Gasteiger partial charge in [-0.2, -0.15) is 0 Å². The topological polar surface area (TPSA) is 105 Å². The SMILES string of the molecule is CCCCNC(=O)C(Cc1ccccc1)N(Cc1cccc(OC)c1)C(=O)CN(c1cccc(OC)c1)S(C)(=O)=O. The van der Waals surface area contributed by atoms with Gasteiger partial charge in [0.05, 0.1) is 26.2 Å². The summed E-state index contributed by atoms with van der Waals surface area (Å²) in [6.07, 6.45) is 3.00. The Balaban J connectivity index is 2.05. The van der Waals surface area contributed by atoms with Crippen LogP contribution in [0.4, 0.5) is 5.69 Å². The number of nitrogens with one attached hydrogen (secondary N) is 1. The summed E-state index contributed by atoms with van der Waals surface area (Å²) in [4.78, 5) is 29.2. The molecule has 2 amide bonds. The molecule has 0 bridgehead atoms. The summed E-state index contributed by atoms with van der Waals surface area (Å²) in [6.45, 7) is 2.08. The fourth-order valence-corrected chi connectivity index (χ4v) is 5.25. The van der Waals surface area contributed by atoms with E-state index in [0.29, 0.717) is 18.0 Å². The van der Waals surface area contributed by atoms with E-state index in [0.717, 1.165) is 34.5 Å². The zero-order chi connectivity index (χ0) is 29.8. The molecule has 0 spiro atoms. The Bertz CT molecular complexity index is 1400. The summed E-state index contributed by atoms with van der Waals surface area (Å²) in [5.41, 5.74) is 1.90. The first-order chi connectivity index (χ1) is 19.7. The van der Waals surface area contributed by atoms with Crippen LogP contribution in [0.25, 0.3) is 0 Å². The van der Waals surface area contributed by atoms with Crippen LogP contribution in [0.3, 0.4) is 0 Å². The van der Waals surface area contributed by atoms with Crippen molar-refractivity contribution in [3.8, 4) is 11.5 Å². The highest BCUT2D eigenvalue weighted by Crippen LogP contribution is 2.24. The predicted octanol–water partition coefficient (Wildman–Crippen LogP) is 4.03. The van der Waals surface area contributed by atoms with Crippen molar-refractivity contribution in [2.45, 2.75) is 38.8 Å². The summed E-state index contributed by atoms with van der Waals surface area (Å²) in [7, 11) is -0.830. The maximum absolute atomic E-state index is 14.1. The van der Waals surface area contributed by atoms with Crippen LogP contribution in [0, 0.1) is 0 Å². The Kier molecular flexibility index (Phi) is 11.6. The first kappa shape index (κ1) is 31.5. The van der Waals surface area contributed by atoms with Gasteiger partial charge in [-0.3, -0.25) is 13.9 Å². The summed E-state index contributed by atoms with van der Waals surface area (Å²) in [5, 5.41) is 2.97. The molecule has 0 saturated heterocycles. The second-order valence-corrected chi connectivity index (χ2v) is 11.6. The summed E-state index contributed by atoms with van der Waals surface area (Å²) < 4.78 is 37.5. The molecule has 220 valence electrons. The maximum atomic E-state index is 14.1. The minimum atomic E-state index is -3.87. The van der Waals surface area contributed by atoms with Gasteiger partial charge in [0.1, 0.15) is 24.1 Å². The van der Waals surface area contributed by atoms with Crippen molar-refractivity contribution in [1.82, 2.24) is 10.2 Å². The molecular weight excluding hydrogens is 542 g/mol. The van der Waals surface area contributed by atoms with Crippen molar-refractivity contribution in [2.24, 2.45) is 0 Å². The van der Waals surface area contributed by atoms with Crippen LogP contribution < -0.4 is 19.1 Å². The lowest BCUT2D eigenvalue weighted by molar-refractivity contribution is -0.140. The third kappa shape index (κ3) is 9.24. The van der Waals surface area contributed by atoms with E-state index in [1.165, 1.54) is 12.0 Å². The van der Waals surface area contributed by atoms with Gasteiger partial charge in [-0.25, -0.2) is 8.42 Å². The number of sulfonamides is 1. The Morgan fingerprint density at radius 2 is 1.51 bits per heavy atom. The highest BCUT2D eigenvalue weighted by Gasteiger charge is 2.33. The van der Waals surface area contributed by atoms with E-state index < -0.39 is 28.5 Å². The average molecular weight is 582 g/mol. The van der Waals surface area contributed by atoms with E-state index >= 15 is 0 Å². The number of carbonyl (C=O) groups is 2. The van der Waals surface area contributed by atoms with Crippen LogP contribution in [0.15, 0.2) is 78.9 Å². The number of anilines is 1. The zero-order valence-corrected chi connectivity index (χ0v) is 24.9. The zero-order valence-electron chi connectivity index (χ0n) is 24.1. The summed E-state index contributed by atoms with van der Waals surface area (Å²) in [5.74, 6) is 0.239. The number of hydrogen-bond donors (Lipinski definition) is 1. The van der Waals surface area contributed by atoms with Crippen molar-refractivity contribution < 1.29 is 27.5 Å². The second kappa shape index (κ2) is 15.1. The first-order valence-electron chi connectivity index (χ1n) is 13.5. The Hall–Kier alpha value is -4.05. The van der Waals surface area contributed by atoms with Gasteiger partial charge in [0.15, 0.2) is 0 Å². The number of ether oxygens (including phenoxy) is 2. The molecule has 3 aromatic rings. The van der Waals surface area contributed by atoms with Gasteiger partial charge in [0.25, 0.3) is 0 Å². The van der Waals surface area contributed by atoms with Crippen LogP contribution in [-0.2, 0) is 32.6 Å². The van der Waals surface area contributed by atoms with Crippen molar-refractivity contribution in [2.75, 3.05) is 37.9 Å². The summed E-state index contributed by atoms with van der Waals surface area (Å²) in [6, 6.07) is 22.3. The number of rotatable bonds is 15. The molecule has 1 N–H and O–H groups in total. The van der Waals surface area contributed by atoms with E-state index in [2.05, 4.69) is 5.32 Å². The van der Waals surface area contributed by atoms with E-state index in [9.17, 15) is 18.0 Å². The normalized spacial score (nSPS) is 11.8. The summed E-state index contributed by atoms with van der Waals surface area (Å²) >= 11 is 0. The minimum absolute atomic E-state index is 0.0739. The fourth-order valence-electron chi connectivity index (χ4n) is 4.41.